The van der Waals surface area contributed by atoms with Gasteiger partial charge in [-0.25, -0.2) is 19.2 Å². The Labute approximate surface area is 229 Å². The first-order valence-corrected chi connectivity index (χ1v) is 12.8. The third kappa shape index (κ3) is 5.51. The quantitative estimate of drug-likeness (QED) is 0.291. The van der Waals surface area contributed by atoms with Crippen molar-refractivity contribution in [1.29, 1.82) is 0 Å². The van der Waals surface area contributed by atoms with Gasteiger partial charge in [-0.1, -0.05) is 23.2 Å². The maximum atomic E-state index is 14.0. The highest BCUT2D eigenvalue weighted by atomic mass is 35.5. The fourth-order valence-corrected chi connectivity index (χ4v) is 5.35. The second-order valence-electron chi connectivity index (χ2n) is 9.41. The zero-order chi connectivity index (χ0) is 27.9. The molecule has 1 aliphatic rings. The highest BCUT2D eigenvalue weighted by molar-refractivity contribution is 6.32. The summed E-state index contributed by atoms with van der Waals surface area (Å²) in [4.78, 5) is 33.8. The van der Waals surface area contributed by atoms with Crippen molar-refractivity contribution in [2.45, 2.75) is 44.4 Å². The van der Waals surface area contributed by atoms with Crippen LogP contribution in [0.2, 0.25) is 10.0 Å². The molecule has 0 unspecified atom stereocenters. The normalized spacial score (nSPS) is 17.9. The van der Waals surface area contributed by atoms with E-state index in [-0.39, 0.29) is 27.7 Å². The topological polar surface area (TPSA) is 81.8 Å². The molecule has 1 aliphatic carbocycles. The molecule has 7 nitrogen and oxygen atoms in total. The first-order valence-electron chi connectivity index (χ1n) is 12.1. The van der Waals surface area contributed by atoms with Gasteiger partial charge in [0.1, 0.15) is 5.82 Å². The Bertz CT molecular complexity index is 1610. The Kier molecular flexibility index (Phi) is 7.39. The van der Waals surface area contributed by atoms with E-state index in [1.807, 2.05) is 0 Å². The van der Waals surface area contributed by atoms with Crippen molar-refractivity contribution in [3.63, 3.8) is 0 Å². The lowest BCUT2D eigenvalue weighted by molar-refractivity contribution is -0.141. The van der Waals surface area contributed by atoms with Crippen LogP contribution in [0.3, 0.4) is 0 Å². The number of fused-ring (bicyclic) bond motifs is 1. The van der Waals surface area contributed by atoms with Crippen LogP contribution in [0.1, 0.15) is 41.7 Å². The number of nitrogens with zero attached hydrogens (tertiary/aromatic N) is 4. The molecule has 1 amide bonds. The number of pyridine rings is 2. The van der Waals surface area contributed by atoms with E-state index >= 15 is 0 Å². The molecule has 3 aromatic heterocycles. The average Bonchev–Trinajstić information content (AvgIpc) is 3.16. The number of nitrogens with one attached hydrogen (secondary N) is 1. The minimum Gasteiger partial charge on any atom is -0.349 e. The monoisotopic (exact) mass is 581 g/mol. The average molecular weight is 582 g/mol. The van der Waals surface area contributed by atoms with Gasteiger partial charge < -0.3 is 5.32 Å². The van der Waals surface area contributed by atoms with Crippen molar-refractivity contribution in [3.05, 3.63) is 86.4 Å². The first-order chi connectivity index (χ1) is 18.5. The van der Waals surface area contributed by atoms with Crippen LogP contribution < -0.4 is 11.0 Å². The smallest absolute Gasteiger partial charge is 0.349 e. The number of hydrogen-bond acceptors (Lipinski definition) is 4. The predicted octanol–water partition coefficient (Wildman–Crippen LogP) is 6.04. The fraction of sp³-hybridized carbons (Fsp3) is 0.308. The van der Waals surface area contributed by atoms with Crippen molar-refractivity contribution >= 4 is 40.3 Å². The minimum absolute atomic E-state index is 0.0402. The van der Waals surface area contributed by atoms with Gasteiger partial charge in [0.25, 0.3) is 5.91 Å². The summed E-state index contributed by atoms with van der Waals surface area (Å²) in [6.45, 7) is 0.323. The van der Waals surface area contributed by atoms with Gasteiger partial charge in [-0.15, -0.1) is 0 Å². The Hall–Kier alpha value is -3.44. The Morgan fingerprint density at radius 3 is 2.54 bits per heavy atom. The Balaban J connectivity index is 1.32. The molecule has 0 saturated heterocycles. The van der Waals surface area contributed by atoms with E-state index in [2.05, 4.69) is 15.3 Å². The highest BCUT2D eigenvalue weighted by Crippen LogP contribution is 2.32. The molecule has 0 spiro atoms. The van der Waals surface area contributed by atoms with Crippen molar-refractivity contribution in [3.8, 4) is 5.69 Å². The van der Waals surface area contributed by atoms with Crippen LogP contribution in [-0.4, -0.2) is 31.1 Å². The molecule has 39 heavy (non-hydrogen) atoms. The lowest BCUT2D eigenvalue weighted by Crippen LogP contribution is -2.39. The molecule has 3 heterocycles. The number of amides is 1. The zero-order valence-corrected chi connectivity index (χ0v) is 21.7. The Morgan fingerprint density at radius 2 is 1.82 bits per heavy atom. The van der Waals surface area contributed by atoms with Crippen LogP contribution in [0.5, 0.6) is 0 Å². The van der Waals surface area contributed by atoms with E-state index in [9.17, 15) is 27.2 Å². The summed E-state index contributed by atoms with van der Waals surface area (Å²) in [7, 11) is 0. The number of benzene rings is 1. The van der Waals surface area contributed by atoms with E-state index in [0.29, 0.717) is 43.4 Å². The summed E-state index contributed by atoms with van der Waals surface area (Å²) in [5, 5.41) is 2.80. The number of rotatable bonds is 5. The molecule has 0 aliphatic heterocycles. The molecule has 0 bridgehead atoms. The molecular formula is C26H21Cl2F4N5O2. The van der Waals surface area contributed by atoms with Crippen molar-refractivity contribution < 1.29 is 22.4 Å². The number of aromatic nitrogens is 4. The molecule has 1 N–H and O–H groups in total. The van der Waals surface area contributed by atoms with E-state index in [0.717, 1.165) is 12.3 Å². The lowest BCUT2D eigenvalue weighted by atomic mass is 9.85. The summed E-state index contributed by atoms with van der Waals surface area (Å²) in [5.41, 5.74) is -1.23. The van der Waals surface area contributed by atoms with Crippen LogP contribution in [0.15, 0.2) is 53.6 Å². The number of alkyl halides is 3. The number of carbonyl (C=O) groups is 1. The predicted molar refractivity (Wildman–Crippen MR) is 138 cm³/mol. The van der Waals surface area contributed by atoms with Crippen LogP contribution in [0, 0.1) is 11.7 Å². The van der Waals surface area contributed by atoms with Gasteiger partial charge in [0.15, 0.2) is 11.3 Å². The molecular weight excluding hydrogens is 561 g/mol. The van der Waals surface area contributed by atoms with E-state index < -0.39 is 34.8 Å². The van der Waals surface area contributed by atoms with Gasteiger partial charge >= 0.3 is 11.9 Å². The molecule has 0 atom stereocenters. The molecule has 1 saturated carbocycles. The van der Waals surface area contributed by atoms with Crippen molar-refractivity contribution in [2.24, 2.45) is 5.92 Å². The summed E-state index contributed by atoms with van der Waals surface area (Å²) < 4.78 is 56.8. The van der Waals surface area contributed by atoms with Gasteiger partial charge in [0, 0.05) is 25.0 Å². The van der Waals surface area contributed by atoms with Crippen molar-refractivity contribution in [1.82, 2.24) is 24.4 Å². The molecule has 204 valence electrons. The summed E-state index contributed by atoms with van der Waals surface area (Å²) in [6.07, 6.45) is -0.171. The Morgan fingerprint density at radius 1 is 1.08 bits per heavy atom. The number of halogens is 6. The van der Waals surface area contributed by atoms with Gasteiger partial charge in [-0.2, -0.15) is 13.2 Å². The first kappa shape index (κ1) is 27.1. The fourth-order valence-electron chi connectivity index (χ4n) is 4.99. The maximum absolute atomic E-state index is 14.0. The summed E-state index contributed by atoms with van der Waals surface area (Å²) in [6, 6.07) is 7.75. The van der Waals surface area contributed by atoms with Crippen molar-refractivity contribution in [2.75, 3.05) is 0 Å². The van der Waals surface area contributed by atoms with Gasteiger partial charge in [0.05, 0.1) is 26.8 Å². The molecule has 0 radical (unpaired) electrons. The third-order valence-electron chi connectivity index (χ3n) is 6.82. The van der Waals surface area contributed by atoms with Gasteiger partial charge in [-0.3, -0.25) is 13.9 Å². The van der Waals surface area contributed by atoms with E-state index in [1.165, 1.54) is 27.3 Å². The molecule has 13 heteroatoms. The largest absolute Gasteiger partial charge is 0.434 e. The second kappa shape index (κ2) is 10.6. The van der Waals surface area contributed by atoms with Crippen LogP contribution in [0.25, 0.3) is 16.9 Å². The SMILES string of the molecule is O=C(N[C@H]1CC[C@H](Cn2c(=O)n(-c3cc(F)ccc3Cl)c3cccnc32)CC1)c1cc(Cl)cnc1C(F)(F)F. The number of imidazole rings is 1. The highest BCUT2D eigenvalue weighted by Gasteiger charge is 2.38. The standard InChI is InChI=1S/C26H21Cl2F4N5O2/c27-15-10-18(22(34-12-15)26(30,31)32)24(38)35-17-6-3-14(4-7-17)13-36-23-20(2-1-9-33-23)37(25(36)39)21-11-16(29)5-8-19(21)28/h1-2,5,8-12,14,17H,3-4,6-7,13H2,(H,35,38)/t14-,17-. The third-order valence-corrected chi connectivity index (χ3v) is 7.35. The maximum Gasteiger partial charge on any atom is 0.434 e. The lowest BCUT2D eigenvalue weighted by Gasteiger charge is -2.29. The molecule has 4 aromatic rings. The summed E-state index contributed by atoms with van der Waals surface area (Å²) >= 11 is 12.1. The zero-order valence-electron chi connectivity index (χ0n) is 20.2. The van der Waals surface area contributed by atoms with Gasteiger partial charge in [-0.05, 0) is 68.0 Å². The second-order valence-corrected chi connectivity index (χ2v) is 10.3. The minimum atomic E-state index is -4.80. The van der Waals surface area contributed by atoms with Gasteiger partial charge in [0.2, 0.25) is 0 Å². The van der Waals surface area contributed by atoms with Crippen LogP contribution in [0.4, 0.5) is 17.6 Å². The van der Waals surface area contributed by atoms with E-state index in [4.69, 9.17) is 23.2 Å². The van der Waals surface area contributed by atoms with Crippen LogP contribution in [-0.2, 0) is 12.7 Å². The molecule has 5 rings (SSSR count). The summed E-state index contributed by atoms with van der Waals surface area (Å²) in [5.74, 6) is -1.39. The van der Waals surface area contributed by atoms with Crippen LogP contribution >= 0.6 is 23.2 Å². The van der Waals surface area contributed by atoms with E-state index in [1.54, 1.807) is 18.3 Å². The molecule has 1 fully saturated rings. The number of carbonyl (C=O) groups excluding carboxylic acids is 1. The molecule has 1 aromatic carbocycles. The number of hydrogen-bond donors (Lipinski definition) is 1.